The molecular formula is C10H13N5. The van der Waals surface area contributed by atoms with E-state index in [1.165, 1.54) is 0 Å². The number of aliphatic imine (C=N–C) groups is 1. The van der Waals surface area contributed by atoms with E-state index in [0.717, 1.165) is 5.82 Å². The van der Waals surface area contributed by atoms with Crippen LogP contribution in [0.15, 0.2) is 48.3 Å². The lowest BCUT2D eigenvalue weighted by molar-refractivity contribution is 0.365. The molecular weight excluding hydrogens is 190 g/mol. The Kier molecular flexibility index (Phi) is 2.07. The Labute approximate surface area is 88.6 Å². The fraction of sp³-hybridized carbons (Fsp3) is 0.200. The van der Waals surface area contributed by atoms with Gasteiger partial charge in [-0.25, -0.2) is 4.68 Å². The second kappa shape index (κ2) is 3.27. The van der Waals surface area contributed by atoms with Gasteiger partial charge in [0, 0.05) is 26.5 Å². The Morgan fingerprint density at radius 2 is 1.93 bits per heavy atom. The summed E-state index contributed by atoms with van der Waals surface area (Å²) in [6.45, 7) is 7.81. The molecule has 0 bridgehead atoms. The van der Waals surface area contributed by atoms with Gasteiger partial charge in [-0.3, -0.25) is 4.90 Å². The highest BCUT2D eigenvalue weighted by Crippen LogP contribution is 2.18. The molecule has 0 radical (unpaired) electrons. The van der Waals surface area contributed by atoms with Crippen LogP contribution in [0.3, 0.4) is 0 Å². The summed E-state index contributed by atoms with van der Waals surface area (Å²) in [6.07, 6.45) is 3.54. The lowest BCUT2D eigenvalue weighted by atomic mass is 10.5. The van der Waals surface area contributed by atoms with Crippen LogP contribution in [0.4, 0.5) is 0 Å². The standard InChI is InChI=1S/C10H13N5/c1-8-12-10(15-7-5-6-11-15)14(4)9(2)13(8)3/h5-7H,1-2H2,3-4H3. The summed E-state index contributed by atoms with van der Waals surface area (Å²) in [5.74, 6) is 2.18. The maximum atomic E-state index is 4.35. The Bertz CT molecular complexity index is 429. The molecule has 0 aromatic carbocycles. The molecule has 15 heavy (non-hydrogen) atoms. The largest absolute Gasteiger partial charge is 0.316 e. The Hall–Kier alpha value is -2.04. The van der Waals surface area contributed by atoms with E-state index in [9.17, 15) is 0 Å². The fourth-order valence-electron chi connectivity index (χ4n) is 1.35. The summed E-state index contributed by atoms with van der Waals surface area (Å²) in [6, 6.07) is 1.85. The summed E-state index contributed by atoms with van der Waals surface area (Å²) in [5.41, 5.74) is 0. The van der Waals surface area contributed by atoms with Crippen LogP contribution in [0.1, 0.15) is 0 Å². The van der Waals surface area contributed by atoms with Gasteiger partial charge in [0.15, 0.2) is 0 Å². The highest BCUT2D eigenvalue weighted by Gasteiger charge is 2.22. The van der Waals surface area contributed by atoms with Crippen LogP contribution in [0.5, 0.6) is 0 Å². The maximum Gasteiger partial charge on any atom is 0.233 e. The van der Waals surface area contributed by atoms with Crippen molar-refractivity contribution >= 4 is 5.96 Å². The second-order valence-corrected chi connectivity index (χ2v) is 3.31. The van der Waals surface area contributed by atoms with Crippen molar-refractivity contribution in [2.45, 2.75) is 0 Å². The third kappa shape index (κ3) is 1.41. The van der Waals surface area contributed by atoms with Crippen LogP contribution in [-0.4, -0.2) is 39.6 Å². The van der Waals surface area contributed by atoms with Crippen molar-refractivity contribution in [1.29, 1.82) is 0 Å². The maximum absolute atomic E-state index is 4.35. The predicted octanol–water partition coefficient (Wildman–Crippen LogP) is 0.907. The quantitative estimate of drug-likeness (QED) is 0.628. The van der Waals surface area contributed by atoms with E-state index in [1.807, 2.05) is 36.2 Å². The number of aromatic nitrogens is 2. The van der Waals surface area contributed by atoms with E-state index >= 15 is 0 Å². The number of nitrogens with zero attached hydrogens (tertiary/aromatic N) is 5. The average Bonchev–Trinajstić information content (AvgIpc) is 2.73. The molecule has 0 aliphatic carbocycles. The van der Waals surface area contributed by atoms with Crippen LogP contribution in [0.2, 0.25) is 0 Å². The molecule has 0 spiro atoms. The summed E-state index contributed by atoms with van der Waals surface area (Å²) < 4.78 is 1.68. The minimum absolute atomic E-state index is 0.656. The van der Waals surface area contributed by atoms with Crippen molar-refractivity contribution in [2.75, 3.05) is 14.1 Å². The van der Waals surface area contributed by atoms with E-state index in [1.54, 1.807) is 10.9 Å². The molecule has 5 nitrogen and oxygen atoms in total. The van der Waals surface area contributed by atoms with Gasteiger partial charge in [0.25, 0.3) is 0 Å². The first kappa shape index (κ1) is 9.51. The Morgan fingerprint density at radius 3 is 2.53 bits per heavy atom. The molecule has 1 aliphatic heterocycles. The molecule has 1 aliphatic rings. The smallest absolute Gasteiger partial charge is 0.233 e. The molecule has 78 valence electrons. The highest BCUT2D eigenvalue weighted by molar-refractivity contribution is 5.84. The molecule has 1 aromatic rings. The minimum Gasteiger partial charge on any atom is -0.316 e. The van der Waals surface area contributed by atoms with Gasteiger partial charge in [0.1, 0.15) is 11.6 Å². The first-order valence-corrected chi connectivity index (χ1v) is 4.55. The van der Waals surface area contributed by atoms with Crippen molar-refractivity contribution in [3.05, 3.63) is 43.3 Å². The lowest BCUT2D eigenvalue weighted by Crippen LogP contribution is -2.41. The molecule has 2 heterocycles. The van der Waals surface area contributed by atoms with Crippen LogP contribution >= 0.6 is 0 Å². The highest BCUT2D eigenvalue weighted by atomic mass is 15.5. The Morgan fingerprint density at radius 1 is 1.20 bits per heavy atom. The first-order chi connectivity index (χ1) is 7.11. The van der Waals surface area contributed by atoms with Gasteiger partial charge in [-0.15, -0.1) is 0 Å². The third-order valence-electron chi connectivity index (χ3n) is 2.40. The van der Waals surface area contributed by atoms with Crippen molar-refractivity contribution in [3.8, 4) is 0 Å². The summed E-state index contributed by atoms with van der Waals surface area (Å²) >= 11 is 0. The van der Waals surface area contributed by atoms with Crippen LogP contribution < -0.4 is 0 Å². The molecule has 5 heteroatoms. The van der Waals surface area contributed by atoms with Crippen molar-refractivity contribution < 1.29 is 0 Å². The number of hydrogen-bond acceptors (Lipinski definition) is 4. The van der Waals surface area contributed by atoms with Crippen molar-refractivity contribution in [2.24, 2.45) is 4.99 Å². The third-order valence-corrected chi connectivity index (χ3v) is 2.40. The molecule has 1 aromatic heterocycles. The van der Waals surface area contributed by atoms with Crippen molar-refractivity contribution in [1.82, 2.24) is 19.6 Å². The zero-order valence-electron chi connectivity index (χ0n) is 8.88. The van der Waals surface area contributed by atoms with Crippen LogP contribution in [-0.2, 0) is 0 Å². The first-order valence-electron chi connectivity index (χ1n) is 4.55. The average molecular weight is 203 g/mol. The molecule has 2 rings (SSSR count). The molecule has 0 saturated carbocycles. The molecule has 0 N–H and O–H groups in total. The van der Waals surface area contributed by atoms with Gasteiger partial charge in [-0.2, -0.15) is 10.1 Å². The monoisotopic (exact) mass is 203 g/mol. The van der Waals surface area contributed by atoms with Gasteiger partial charge in [-0.05, 0) is 6.07 Å². The minimum atomic E-state index is 0.656. The van der Waals surface area contributed by atoms with Crippen molar-refractivity contribution in [3.63, 3.8) is 0 Å². The van der Waals surface area contributed by atoms with Crippen LogP contribution in [0.25, 0.3) is 0 Å². The fourth-order valence-corrected chi connectivity index (χ4v) is 1.35. The van der Waals surface area contributed by atoms with E-state index in [2.05, 4.69) is 23.2 Å². The van der Waals surface area contributed by atoms with Gasteiger partial charge >= 0.3 is 0 Å². The molecule has 0 atom stereocenters. The normalized spacial score (nSPS) is 17.1. The van der Waals surface area contributed by atoms with E-state index in [4.69, 9.17) is 0 Å². The van der Waals surface area contributed by atoms with E-state index < -0.39 is 0 Å². The topological polar surface area (TPSA) is 36.7 Å². The van der Waals surface area contributed by atoms with Gasteiger partial charge in [0.05, 0.1) is 0 Å². The van der Waals surface area contributed by atoms with E-state index in [0.29, 0.717) is 11.8 Å². The lowest BCUT2D eigenvalue weighted by Gasteiger charge is -2.34. The zero-order valence-corrected chi connectivity index (χ0v) is 8.88. The second-order valence-electron chi connectivity index (χ2n) is 3.31. The number of rotatable bonds is 0. The molecule has 0 saturated heterocycles. The summed E-state index contributed by atoms with van der Waals surface area (Å²) in [7, 11) is 3.77. The SMILES string of the molecule is C=C1N=C(n2cccn2)N(C)C(=C)N1C. The molecule has 0 amide bonds. The summed E-state index contributed by atoms with van der Waals surface area (Å²) in [4.78, 5) is 8.04. The zero-order chi connectivity index (χ0) is 11.0. The molecule has 0 unspecified atom stereocenters. The van der Waals surface area contributed by atoms with Crippen LogP contribution in [0, 0.1) is 0 Å². The van der Waals surface area contributed by atoms with Gasteiger partial charge in [-0.1, -0.05) is 13.2 Å². The number of hydrogen-bond donors (Lipinski definition) is 0. The Balaban J connectivity index is 2.45. The summed E-state index contributed by atoms with van der Waals surface area (Å²) in [5, 5.41) is 4.13. The van der Waals surface area contributed by atoms with E-state index in [-0.39, 0.29) is 0 Å². The molecule has 0 fully saturated rings. The van der Waals surface area contributed by atoms with Gasteiger partial charge < -0.3 is 4.90 Å². The predicted molar refractivity (Wildman–Crippen MR) is 58.9 cm³/mol. The van der Waals surface area contributed by atoms with Gasteiger partial charge in [0.2, 0.25) is 5.96 Å².